The van der Waals surface area contributed by atoms with Crippen LogP contribution in [0.25, 0.3) is 10.9 Å². The fourth-order valence-electron chi connectivity index (χ4n) is 2.45. The fourth-order valence-corrected chi connectivity index (χ4v) is 2.72. The van der Waals surface area contributed by atoms with E-state index in [1.165, 1.54) is 10.9 Å². The standard InChI is InChI=1S/C17H23ClN2O2/c1-17(2,3)22-16(21)20-10-12(8-9-18)14-11-19-15-7-5-4-6-13(14)15/h4-7,11-12,19H,8-10H2,1-3H3,(H,20,21). The second-order valence-electron chi connectivity index (χ2n) is 6.35. The number of hydrogen-bond donors (Lipinski definition) is 2. The summed E-state index contributed by atoms with van der Waals surface area (Å²) in [6.45, 7) is 6.05. The quantitative estimate of drug-likeness (QED) is 0.801. The first kappa shape index (κ1) is 16.7. The first-order valence-electron chi connectivity index (χ1n) is 7.49. The Morgan fingerprint density at radius 3 is 2.77 bits per heavy atom. The Morgan fingerprint density at radius 1 is 1.36 bits per heavy atom. The summed E-state index contributed by atoms with van der Waals surface area (Å²) in [5.41, 5.74) is 1.77. The van der Waals surface area contributed by atoms with Crippen molar-refractivity contribution in [3.8, 4) is 0 Å². The number of amides is 1. The maximum Gasteiger partial charge on any atom is 0.407 e. The number of carbonyl (C=O) groups is 1. The third-order valence-electron chi connectivity index (χ3n) is 3.41. The number of para-hydroxylation sites is 1. The average molecular weight is 323 g/mol. The molecule has 2 N–H and O–H groups in total. The van der Waals surface area contributed by atoms with Crippen LogP contribution in [-0.4, -0.2) is 29.1 Å². The zero-order valence-electron chi connectivity index (χ0n) is 13.3. The molecule has 1 unspecified atom stereocenters. The molecule has 0 saturated heterocycles. The normalized spacial score (nSPS) is 13.1. The third-order valence-corrected chi connectivity index (χ3v) is 3.63. The van der Waals surface area contributed by atoms with Gasteiger partial charge in [-0.1, -0.05) is 18.2 Å². The maximum absolute atomic E-state index is 11.8. The third kappa shape index (κ3) is 4.41. The largest absolute Gasteiger partial charge is 0.444 e. The van der Waals surface area contributed by atoms with Gasteiger partial charge < -0.3 is 15.0 Å². The molecule has 0 saturated carbocycles. The molecule has 1 heterocycles. The van der Waals surface area contributed by atoms with E-state index in [0.29, 0.717) is 12.4 Å². The molecule has 22 heavy (non-hydrogen) atoms. The molecule has 2 rings (SSSR count). The zero-order chi connectivity index (χ0) is 16.2. The van der Waals surface area contributed by atoms with Crippen LogP contribution >= 0.6 is 11.6 Å². The van der Waals surface area contributed by atoms with E-state index in [1.54, 1.807) is 0 Å². The van der Waals surface area contributed by atoms with E-state index in [2.05, 4.69) is 16.4 Å². The minimum Gasteiger partial charge on any atom is -0.444 e. The average Bonchev–Trinajstić information content (AvgIpc) is 2.85. The highest BCUT2D eigenvalue weighted by Crippen LogP contribution is 2.27. The monoisotopic (exact) mass is 322 g/mol. The lowest BCUT2D eigenvalue weighted by molar-refractivity contribution is 0.0524. The topological polar surface area (TPSA) is 54.1 Å². The van der Waals surface area contributed by atoms with Gasteiger partial charge in [0.2, 0.25) is 0 Å². The molecule has 120 valence electrons. The van der Waals surface area contributed by atoms with E-state index >= 15 is 0 Å². The van der Waals surface area contributed by atoms with Crippen molar-refractivity contribution in [3.05, 3.63) is 36.0 Å². The van der Waals surface area contributed by atoms with Crippen molar-refractivity contribution in [3.63, 3.8) is 0 Å². The number of H-pyrrole nitrogens is 1. The van der Waals surface area contributed by atoms with E-state index in [-0.39, 0.29) is 5.92 Å². The molecule has 0 bridgehead atoms. The molecular formula is C17H23ClN2O2. The van der Waals surface area contributed by atoms with E-state index in [0.717, 1.165) is 11.9 Å². The Balaban J connectivity index is 2.08. The molecule has 2 aromatic rings. The first-order valence-corrected chi connectivity index (χ1v) is 8.03. The van der Waals surface area contributed by atoms with Crippen molar-refractivity contribution >= 4 is 28.6 Å². The Labute approximate surface area is 136 Å². The highest BCUT2D eigenvalue weighted by molar-refractivity contribution is 6.17. The van der Waals surface area contributed by atoms with Gasteiger partial charge in [0, 0.05) is 35.4 Å². The number of aromatic amines is 1. The summed E-state index contributed by atoms with van der Waals surface area (Å²) in [4.78, 5) is 15.1. The minimum atomic E-state index is -0.493. The van der Waals surface area contributed by atoms with Crippen molar-refractivity contribution in [2.45, 2.75) is 38.7 Å². The smallest absolute Gasteiger partial charge is 0.407 e. The summed E-state index contributed by atoms with van der Waals surface area (Å²) in [5.74, 6) is 0.696. The Hall–Kier alpha value is -1.68. The van der Waals surface area contributed by atoms with Crippen LogP contribution in [0.2, 0.25) is 0 Å². The number of halogens is 1. The second-order valence-corrected chi connectivity index (χ2v) is 6.72. The summed E-state index contributed by atoms with van der Waals surface area (Å²) in [7, 11) is 0. The number of alkyl halides is 1. The molecule has 0 aliphatic rings. The second kappa shape index (κ2) is 7.05. The summed E-state index contributed by atoms with van der Waals surface area (Å²) >= 11 is 5.93. The minimum absolute atomic E-state index is 0.154. The predicted molar refractivity (Wildman–Crippen MR) is 90.6 cm³/mol. The van der Waals surface area contributed by atoms with Crippen molar-refractivity contribution < 1.29 is 9.53 Å². The summed E-state index contributed by atoms with van der Waals surface area (Å²) in [5, 5.41) is 4.01. The molecule has 1 aromatic heterocycles. The van der Waals surface area contributed by atoms with Crippen molar-refractivity contribution in [2.75, 3.05) is 12.4 Å². The molecule has 0 fully saturated rings. The molecule has 1 amide bonds. The number of fused-ring (bicyclic) bond motifs is 1. The lowest BCUT2D eigenvalue weighted by atomic mass is 9.96. The lowest BCUT2D eigenvalue weighted by Gasteiger charge is -2.21. The number of aromatic nitrogens is 1. The maximum atomic E-state index is 11.8. The van der Waals surface area contributed by atoms with Gasteiger partial charge >= 0.3 is 6.09 Å². The fraction of sp³-hybridized carbons (Fsp3) is 0.471. The van der Waals surface area contributed by atoms with Crippen LogP contribution in [0.1, 0.15) is 38.7 Å². The molecule has 0 aliphatic heterocycles. The molecule has 1 atom stereocenters. The zero-order valence-corrected chi connectivity index (χ0v) is 14.0. The van der Waals surface area contributed by atoms with E-state index in [9.17, 15) is 4.79 Å². The Kier molecular flexibility index (Phi) is 5.35. The van der Waals surface area contributed by atoms with Crippen LogP contribution in [0.15, 0.2) is 30.5 Å². The van der Waals surface area contributed by atoms with Gasteiger partial charge in [-0.3, -0.25) is 0 Å². The molecule has 0 radical (unpaired) electrons. The molecule has 5 heteroatoms. The molecule has 0 aliphatic carbocycles. The van der Waals surface area contributed by atoms with Crippen LogP contribution in [0.3, 0.4) is 0 Å². The van der Waals surface area contributed by atoms with Crippen molar-refractivity contribution in [2.24, 2.45) is 0 Å². The highest BCUT2D eigenvalue weighted by Gasteiger charge is 2.19. The molecule has 0 spiro atoms. The number of alkyl carbamates (subject to hydrolysis) is 1. The van der Waals surface area contributed by atoms with E-state index in [1.807, 2.05) is 45.2 Å². The van der Waals surface area contributed by atoms with Crippen molar-refractivity contribution in [1.82, 2.24) is 10.3 Å². The Bertz CT molecular complexity index is 631. The van der Waals surface area contributed by atoms with Crippen LogP contribution in [0, 0.1) is 0 Å². The van der Waals surface area contributed by atoms with Gasteiger partial charge in [0.25, 0.3) is 0 Å². The first-order chi connectivity index (χ1) is 10.4. The summed E-state index contributed by atoms with van der Waals surface area (Å²) in [6.07, 6.45) is 2.39. The van der Waals surface area contributed by atoms with Crippen LogP contribution in [0.5, 0.6) is 0 Å². The molecular weight excluding hydrogens is 300 g/mol. The SMILES string of the molecule is CC(C)(C)OC(=O)NCC(CCCl)c1c[nH]c2ccccc12. The number of benzene rings is 1. The number of nitrogens with one attached hydrogen (secondary N) is 2. The number of carbonyl (C=O) groups excluding carboxylic acids is 1. The van der Waals surface area contributed by atoms with Gasteiger partial charge in [-0.2, -0.15) is 0 Å². The van der Waals surface area contributed by atoms with Gasteiger partial charge in [-0.25, -0.2) is 4.79 Å². The summed E-state index contributed by atoms with van der Waals surface area (Å²) < 4.78 is 5.28. The summed E-state index contributed by atoms with van der Waals surface area (Å²) in [6, 6.07) is 8.13. The van der Waals surface area contributed by atoms with Gasteiger partial charge in [0.15, 0.2) is 0 Å². The lowest BCUT2D eigenvalue weighted by Crippen LogP contribution is -2.34. The van der Waals surface area contributed by atoms with E-state index in [4.69, 9.17) is 16.3 Å². The van der Waals surface area contributed by atoms with Gasteiger partial charge in [0.1, 0.15) is 5.60 Å². The molecule has 4 nitrogen and oxygen atoms in total. The van der Waals surface area contributed by atoms with Gasteiger partial charge in [0.05, 0.1) is 0 Å². The van der Waals surface area contributed by atoms with E-state index < -0.39 is 11.7 Å². The van der Waals surface area contributed by atoms with Gasteiger partial charge in [-0.15, -0.1) is 11.6 Å². The van der Waals surface area contributed by atoms with Crippen LogP contribution in [-0.2, 0) is 4.74 Å². The predicted octanol–water partition coefficient (Wildman–Crippen LogP) is 4.41. The number of rotatable bonds is 5. The number of hydrogen-bond acceptors (Lipinski definition) is 2. The van der Waals surface area contributed by atoms with Crippen molar-refractivity contribution in [1.29, 1.82) is 0 Å². The highest BCUT2D eigenvalue weighted by atomic mass is 35.5. The number of ether oxygens (including phenoxy) is 1. The van der Waals surface area contributed by atoms with Gasteiger partial charge in [-0.05, 0) is 38.8 Å². The van der Waals surface area contributed by atoms with Crippen LogP contribution < -0.4 is 5.32 Å². The molecule has 1 aromatic carbocycles. The Morgan fingerprint density at radius 2 is 2.09 bits per heavy atom. The van der Waals surface area contributed by atoms with Crippen LogP contribution in [0.4, 0.5) is 4.79 Å².